The summed E-state index contributed by atoms with van der Waals surface area (Å²) in [4.78, 5) is 29.8. The van der Waals surface area contributed by atoms with Crippen LogP contribution in [0.25, 0.3) is 11.2 Å². The van der Waals surface area contributed by atoms with Gasteiger partial charge in [0.25, 0.3) is 10.1 Å². The molecule has 2 aromatic rings. The van der Waals surface area contributed by atoms with Gasteiger partial charge in [-0.15, -0.1) is 0 Å². The first-order valence-corrected chi connectivity index (χ1v) is 10.7. The highest BCUT2D eigenvalue weighted by Gasteiger charge is 2.59. The number of nitrogens with two attached hydrogens (primary N) is 2. The van der Waals surface area contributed by atoms with Crippen molar-refractivity contribution in [3.8, 4) is 0 Å². The summed E-state index contributed by atoms with van der Waals surface area (Å²) in [5, 5.41) is 0.762. The van der Waals surface area contributed by atoms with Gasteiger partial charge in [-0.3, -0.25) is 9.09 Å². The number of ether oxygens (including phenoxy) is 1. The molecule has 1 fully saturated rings. The Morgan fingerprint density at radius 1 is 1.36 bits per heavy atom. The van der Waals surface area contributed by atoms with Crippen molar-refractivity contribution in [1.29, 1.82) is 0 Å². The molecule has 4 heterocycles. The lowest BCUT2D eigenvalue weighted by atomic mass is 9.94. The Morgan fingerprint density at radius 3 is 2.75 bits per heavy atom. The van der Waals surface area contributed by atoms with Gasteiger partial charge in [0.15, 0.2) is 23.3 Å². The Morgan fingerprint density at radius 2 is 2.11 bits per heavy atom. The van der Waals surface area contributed by atoms with E-state index >= 15 is 0 Å². The van der Waals surface area contributed by atoms with Crippen LogP contribution in [0.3, 0.4) is 0 Å². The first-order chi connectivity index (χ1) is 13.0. The van der Waals surface area contributed by atoms with Crippen LogP contribution in [0.15, 0.2) is 23.8 Å². The molecular weight excluding hydrogens is 419 g/mol. The summed E-state index contributed by atoms with van der Waals surface area (Å²) >= 11 is 0. The molecule has 6 N–H and O–H groups in total. The van der Waals surface area contributed by atoms with E-state index in [4.69, 9.17) is 30.2 Å². The average molecular weight is 434 g/mol. The van der Waals surface area contributed by atoms with Gasteiger partial charge >= 0.3 is 7.82 Å². The van der Waals surface area contributed by atoms with E-state index in [2.05, 4.69) is 19.5 Å². The van der Waals surface area contributed by atoms with E-state index in [0.29, 0.717) is 0 Å². The van der Waals surface area contributed by atoms with Gasteiger partial charge in [0.05, 0.1) is 30.1 Å². The third kappa shape index (κ3) is 3.16. The molecule has 2 aliphatic rings. The summed E-state index contributed by atoms with van der Waals surface area (Å²) < 4.78 is 51.9. The first kappa shape index (κ1) is 19.2. The number of nitrogen functional groups attached to an aromatic ring is 1. The normalized spacial score (nSPS) is 29.6. The molecule has 1 saturated heterocycles. The number of nitrogens with zero attached hydrogens (tertiary/aromatic N) is 4. The van der Waals surface area contributed by atoms with Gasteiger partial charge in [-0.25, -0.2) is 23.7 Å². The molecule has 0 radical (unpaired) electrons. The van der Waals surface area contributed by atoms with Crippen molar-refractivity contribution in [2.75, 3.05) is 12.3 Å². The van der Waals surface area contributed by atoms with Gasteiger partial charge in [0.2, 0.25) is 0 Å². The molecule has 0 amide bonds. The van der Waals surface area contributed by atoms with Crippen LogP contribution in [-0.4, -0.2) is 56.0 Å². The van der Waals surface area contributed by atoms with E-state index in [1.165, 1.54) is 17.2 Å². The van der Waals surface area contributed by atoms with Gasteiger partial charge in [-0.2, -0.15) is 8.42 Å². The molecule has 14 nitrogen and oxygen atoms in total. The Labute approximate surface area is 157 Å². The van der Waals surface area contributed by atoms with Crippen LogP contribution in [0.4, 0.5) is 5.82 Å². The molecule has 2 aromatic heterocycles. The fourth-order valence-corrected chi connectivity index (χ4v) is 4.84. The number of rotatable bonds is 4. The molecule has 152 valence electrons. The number of hydrogen-bond acceptors (Lipinski definition) is 11. The Bertz CT molecular complexity index is 1130. The number of anilines is 1. The van der Waals surface area contributed by atoms with E-state index in [0.717, 1.165) is 5.41 Å². The number of phosphoric ester groups is 1. The average Bonchev–Trinajstić information content (AvgIpc) is 3.20. The Kier molecular flexibility index (Phi) is 4.24. The minimum atomic E-state index is -4.77. The molecule has 4 rings (SSSR count). The molecule has 16 heteroatoms. The summed E-state index contributed by atoms with van der Waals surface area (Å²) in [5.74, 6) is 0.0978. The lowest BCUT2D eigenvalue weighted by Crippen LogP contribution is -2.41. The summed E-state index contributed by atoms with van der Waals surface area (Å²) in [6.07, 6.45) is 0.215. The van der Waals surface area contributed by atoms with Crippen molar-refractivity contribution in [1.82, 2.24) is 19.5 Å². The fourth-order valence-electron chi connectivity index (χ4n) is 3.26. The predicted octanol–water partition coefficient (Wildman–Crippen LogP) is -1.30. The summed E-state index contributed by atoms with van der Waals surface area (Å²) in [7, 11) is -8.86. The lowest BCUT2D eigenvalue weighted by molar-refractivity contribution is -0.0637. The predicted molar refractivity (Wildman–Crippen MR) is 91.3 cm³/mol. The van der Waals surface area contributed by atoms with Crippen molar-refractivity contribution < 1.29 is 36.2 Å². The van der Waals surface area contributed by atoms with Crippen molar-refractivity contribution >= 4 is 34.9 Å². The molecule has 0 aliphatic carbocycles. The molecule has 28 heavy (non-hydrogen) atoms. The van der Waals surface area contributed by atoms with Crippen molar-refractivity contribution in [2.45, 2.75) is 24.4 Å². The summed E-state index contributed by atoms with van der Waals surface area (Å²) in [5.41, 5.74) is 10.4. The van der Waals surface area contributed by atoms with Crippen LogP contribution in [0.2, 0.25) is 0 Å². The highest BCUT2D eigenvalue weighted by molar-refractivity contribution is 7.90. The number of imidazole rings is 1. The van der Waals surface area contributed by atoms with E-state index in [-0.39, 0.29) is 29.1 Å². The van der Waals surface area contributed by atoms with E-state index in [1.54, 1.807) is 0 Å². The molecule has 1 spiro atoms. The molecule has 0 bridgehead atoms. The van der Waals surface area contributed by atoms with Crippen molar-refractivity contribution in [3.63, 3.8) is 0 Å². The van der Waals surface area contributed by atoms with Gasteiger partial charge in [0.1, 0.15) is 11.8 Å². The quantitative estimate of drug-likeness (QED) is 0.326. The maximum atomic E-state index is 12.0. The second kappa shape index (κ2) is 6.18. The number of phosphoric acid groups is 1. The van der Waals surface area contributed by atoms with Gasteiger partial charge in [0, 0.05) is 6.42 Å². The lowest BCUT2D eigenvalue weighted by Gasteiger charge is -2.29. The highest BCUT2D eigenvalue weighted by atomic mass is 32.2. The van der Waals surface area contributed by atoms with E-state index < -0.39 is 42.5 Å². The summed E-state index contributed by atoms with van der Waals surface area (Å²) in [6, 6.07) is 0. The maximum absolute atomic E-state index is 12.0. The van der Waals surface area contributed by atoms with E-state index in [1.807, 2.05) is 0 Å². The van der Waals surface area contributed by atoms with Crippen molar-refractivity contribution in [3.05, 3.63) is 23.8 Å². The number of fused-ring (bicyclic) bond motifs is 1. The first-order valence-electron chi connectivity index (χ1n) is 7.73. The molecular formula is C12H15N6O8PS. The van der Waals surface area contributed by atoms with Crippen molar-refractivity contribution in [2.24, 2.45) is 5.73 Å². The largest absolute Gasteiger partial charge is 0.469 e. The zero-order chi connectivity index (χ0) is 20.3. The van der Waals surface area contributed by atoms with Gasteiger partial charge in [-0.1, -0.05) is 0 Å². The molecule has 3 atom stereocenters. The molecule has 1 unspecified atom stereocenters. The third-order valence-corrected chi connectivity index (χ3v) is 5.90. The van der Waals surface area contributed by atoms with Gasteiger partial charge < -0.3 is 26.0 Å². The Hall–Kier alpha value is -2.13. The number of aromatic nitrogens is 4. The minimum absolute atomic E-state index is 0.0978. The van der Waals surface area contributed by atoms with Crippen LogP contribution >= 0.6 is 7.82 Å². The smallest absolute Gasteiger partial charge is 0.399 e. The number of hydrogen-bond donors (Lipinski definition) is 4. The molecule has 0 saturated carbocycles. The van der Waals surface area contributed by atoms with Crippen LogP contribution in [0.5, 0.6) is 0 Å². The topological polar surface area (TPSA) is 215 Å². The molecule has 2 aliphatic heterocycles. The fraction of sp³-hybridized carbons (Fsp3) is 0.417. The van der Waals surface area contributed by atoms with Crippen LogP contribution in [-0.2, 0) is 28.1 Å². The zero-order valence-corrected chi connectivity index (χ0v) is 15.7. The third-order valence-electron chi connectivity index (χ3n) is 4.34. The van der Waals surface area contributed by atoms with E-state index in [9.17, 15) is 13.0 Å². The second-order valence-corrected chi connectivity index (χ2v) is 8.85. The SMILES string of the molecule is NC1=CS(=O)(=O)OC12C[C@@H](COP(=O)(O)O)O[C@H]2n1cnc2c(N)ncnc21. The van der Waals surface area contributed by atoms with Crippen LogP contribution in [0.1, 0.15) is 12.6 Å². The summed E-state index contributed by atoms with van der Waals surface area (Å²) in [6.45, 7) is -0.525. The van der Waals surface area contributed by atoms with Crippen LogP contribution < -0.4 is 11.5 Å². The molecule has 0 aromatic carbocycles. The highest BCUT2D eigenvalue weighted by Crippen LogP contribution is 2.50. The zero-order valence-electron chi connectivity index (χ0n) is 13.9. The second-order valence-electron chi connectivity index (χ2n) is 6.22. The minimum Gasteiger partial charge on any atom is -0.399 e. The van der Waals surface area contributed by atoms with Gasteiger partial charge in [-0.05, 0) is 0 Å². The monoisotopic (exact) mass is 434 g/mol. The standard InChI is InChI=1S/C12H15N6O8PS/c13-7-3-28(22,23)26-12(7)1-6(2-24-27(19,20)21)25-11(12)18-5-17-8-9(14)15-4-16-10(8)18/h3-6,11H,1-2,13H2,(H2,14,15,16)(H2,19,20,21)/t6-,11+,12?/m0/s1. The Balaban J connectivity index is 1.77. The van der Waals surface area contributed by atoms with Crippen LogP contribution in [0, 0.1) is 0 Å². The maximum Gasteiger partial charge on any atom is 0.469 e.